The first kappa shape index (κ1) is 10.00. The van der Waals surface area contributed by atoms with E-state index in [0.717, 1.165) is 31.5 Å². The number of fused-ring (bicyclic) bond motifs is 2. The van der Waals surface area contributed by atoms with Crippen LogP contribution in [0.3, 0.4) is 0 Å². The zero-order valence-corrected chi connectivity index (χ0v) is 9.13. The summed E-state index contributed by atoms with van der Waals surface area (Å²) in [6, 6.07) is 8.43. The summed E-state index contributed by atoms with van der Waals surface area (Å²) in [5.74, 6) is 0. The standard InChI is InChI=1S/C13H15NO2/c15-8-11-3-1-2-10(4-11)6-14-7-13-5-12(14)9-16-13/h1-4,8,12-13H,5-7,9H2. The minimum absolute atomic E-state index is 0.444. The molecule has 0 aromatic heterocycles. The van der Waals surface area contributed by atoms with Crippen molar-refractivity contribution >= 4 is 6.29 Å². The summed E-state index contributed by atoms with van der Waals surface area (Å²) in [7, 11) is 0. The first-order valence-corrected chi connectivity index (χ1v) is 5.75. The number of aldehydes is 1. The Hall–Kier alpha value is -1.19. The van der Waals surface area contributed by atoms with E-state index in [1.165, 1.54) is 12.0 Å². The molecular formula is C13H15NO2. The lowest BCUT2D eigenvalue weighted by molar-refractivity contribution is 0.0273. The van der Waals surface area contributed by atoms with Crippen LogP contribution in [-0.4, -0.2) is 36.5 Å². The van der Waals surface area contributed by atoms with Crippen LogP contribution in [0.4, 0.5) is 0 Å². The van der Waals surface area contributed by atoms with Gasteiger partial charge in [0.25, 0.3) is 0 Å². The quantitative estimate of drug-likeness (QED) is 0.718. The van der Waals surface area contributed by atoms with E-state index in [0.29, 0.717) is 12.1 Å². The molecule has 84 valence electrons. The minimum atomic E-state index is 0.444. The van der Waals surface area contributed by atoms with Crippen LogP contribution in [0.15, 0.2) is 24.3 Å². The summed E-state index contributed by atoms with van der Waals surface area (Å²) in [6.45, 7) is 2.85. The fourth-order valence-electron chi connectivity index (χ4n) is 2.67. The van der Waals surface area contributed by atoms with Crippen LogP contribution in [0.2, 0.25) is 0 Å². The Morgan fingerprint density at radius 3 is 3.12 bits per heavy atom. The predicted octanol–water partition coefficient (Wildman–Crippen LogP) is 1.47. The van der Waals surface area contributed by atoms with Crippen LogP contribution in [-0.2, 0) is 11.3 Å². The van der Waals surface area contributed by atoms with Gasteiger partial charge in [0, 0.05) is 24.7 Å². The highest BCUT2D eigenvalue weighted by Gasteiger charge is 2.38. The molecule has 0 amide bonds. The third kappa shape index (κ3) is 1.77. The van der Waals surface area contributed by atoms with Gasteiger partial charge in [0.05, 0.1) is 12.7 Å². The molecule has 16 heavy (non-hydrogen) atoms. The topological polar surface area (TPSA) is 29.5 Å². The van der Waals surface area contributed by atoms with Crippen LogP contribution in [0.1, 0.15) is 22.3 Å². The van der Waals surface area contributed by atoms with Crippen molar-refractivity contribution in [3.63, 3.8) is 0 Å². The Balaban J connectivity index is 1.72. The number of nitrogens with zero attached hydrogens (tertiary/aromatic N) is 1. The molecule has 1 aromatic carbocycles. The summed E-state index contributed by atoms with van der Waals surface area (Å²) in [5.41, 5.74) is 1.98. The fourth-order valence-corrected chi connectivity index (χ4v) is 2.67. The summed E-state index contributed by atoms with van der Waals surface area (Å²) >= 11 is 0. The van der Waals surface area contributed by atoms with Crippen molar-refractivity contribution in [2.45, 2.75) is 25.1 Å². The Labute approximate surface area is 95.0 Å². The van der Waals surface area contributed by atoms with Crippen molar-refractivity contribution in [3.8, 4) is 0 Å². The second-order valence-corrected chi connectivity index (χ2v) is 4.64. The maximum atomic E-state index is 10.7. The average molecular weight is 217 g/mol. The Morgan fingerprint density at radius 2 is 2.44 bits per heavy atom. The van der Waals surface area contributed by atoms with E-state index in [2.05, 4.69) is 11.0 Å². The maximum Gasteiger partial charge on any atom is 0.150 e. The van der Waals surface area contributed by atoms with Gasteiger partial charge < -0.3 is 4.74 Å². The predicted molar refractivity (Wildman–Crippen MR) is 60.4 cm³/mol. The van der Waals surface area contributed by atoms with Crippen LogP contribution in [0.5, 0.6) is 0 Å². The number of hydrogen-bond donors (Lipinski definition) is 0. The minimum Gasteiger partial charge on any atom is -0.375 e. The van der Waals surface area contributed by atoms with E-state index < -0.39 is 0 Å². The zero-order chi connectivity index (χ0) is 11.0. The lowest BCUT2D eigenvalue weighted by Crippen LogP contribution is -2.36. The van der Waals surface area contributed by atoms with E-state index in [4.69, 9.17) is 4.74 Å². The first-order chi connectivity index (χ1) is 7.85. The van der Waals surface area contributed by atoms with Gasteiger partial charge in [-0.1, -0.05) is 18.2 Å². The molecule has 3 heteroatoms. The molecule has 3 rings (SSSR count). The molecule has 3 nitrogen and oxygen atoms in total. The second-order valence-electron chi connectivity index (χ2n) is 4.64. The van der Waals surface area contributed by atoms with Gasteiger partial charge in [0.2, 0.25) is 0 Å². The highest BCUT2D eigenvalue weighted by Crippen LogP contribution is 2.28. The molecule has 2 saturated heterocycles. The highest BCUT2D eigenvalue weighted by atomic mass is 16.5. The Morgan fingerprint density at radius 1 is 1.50 bits per heavy atom. The molecule has 2 heterocycles. The lowest BCUT2D eigenvalue weighted by atomic mass is 10.1. The molecule has 2 fully saturated rings. The molecule has 0 radical (unpaired) electrons. The largest absolute Gasteiger partial charge is 0.375 e. The SMILES string of the molecule is O=Cc1cccc(CN2CC3CC2CO3)c1. The van der Waals surface area contributed by atoms with Gasteiger partial charge in [-0.05, 0) is 18.1 Å². The zero-order valence-electron chi connectivity index (χ0n) is 9.13. The van der Waals surface area contributed by atoms with Gasteiger partial charge in [0.15, 0.2) is 0 Å². The number of carbonyl (C=O) groups is 1. The maximum absolute atomic E-state index is 10.7. The van der Waals surface area contributed by atoms with Crippen molar-refractivity contribution in [1.29, 1.82) is 0 Å². The number of morpholine rings is 1. The van der Waals surface area contributed by atoms with Crippen molar-refractivity contribution in [1.82, 2.24) is 4.90 Å². The third-order valence-corrected chi connectivity index (χ3v) is 3.49. The summed E-state index contributed by atoms with van der Waals surface area (Å²) in [5, 5.41) is 0. The summed E-state index contributed by atoms with van der Waals surface area (Å²) in [4.78, 5) is 13.1. The highest BCUT2D eigenvalue weighted by molar-refractivity contribution is 5.74. The Kier molecular flexibility index (Phi) is 2.50. The van der Waals surface area contributed by atoms with Crippen molar-refractivity contribution < 1.29 is 9.53 Å². The van der Waals surface area contributed by atoms with Crippen LogP contribution in [0.25, 0.3) is 0 Å². The summed E-state index contributed by atoms with van der Waals surface area (Å²) in [6.07, 6.45) is 2.52. The van der Waals surface area contributed by atoms with Gasteiger partial charge in [0.1, 0.15) is 6.29 Å². The number of ether oxygens (including phenoxy) is 1. The number of benzene rings is 1. The molecule has 0 spiro atoms. The monoisotopic (exact) mass is 217 g/mol. The third-order valence-electron chi connectivity index (χ3n) is 3.49. The number of carbonyl (C=O) groups excluding carboxylic acids is 1. The van der Waals surface area contributed by atoms with E-state index in [9.17, 15) is 4.79 Å². The first-order valence-electron chi connectivity index (χ1n) is 5.75. The van der Waals surface area contributed by atoms with Crippen molar-refractivity contribution in [3.05, 3.63) is 35.4 Å². The average Bonchev–Trinajstić information content (AvgIpc) is 2.91. The molecule has 2 aliphatic rings. The smallest absolute Gasteiger partial charge is 0.150 e. The van der Waals surface area contributed by atoms with E-state index in [-0.39, 0.29) is 0 Å². The molecule has 0 saturated carbocycles. The van der Waals surface area contributed by atoms with Gasteiger partial charge in [-0.2, -0.15) is 0 Å². The molecule has 2 aliphatic heterocycles. The molecule has 1 aromatic rings. The molecule has 2 unspecified atom stereocenters. The van der Waals surface area contributed by atoms with Gasteiger partial charge >= 0.3 is 0 Å². The number of hydrogen-bond acceptors (Lipinski definition) is 3. The number of rotatable bonds is 3. The van der Waals surface area contributed by atoms with Crippen molar-refractivity contribution in [2.24, 2.45) is 0 Å². The fraction of sp³-hybridized carbons (Fsp3) is 0.462. The summed E-state index contributed by atoms with van der Waals surface area (Å²) < 4.78 is 5.57. The molecule has 2 atom stereocenters. The van der Waals surface area contributed by atoms with Gasteiger partial charge in [-0.3, -0.25) is 9.69 Å². The van der Waals surface area contributed by atoms with E-state index in [1.54, 1.807) is 0 Å². The molecular weight excluding hydrogens is 202 g/mol. The second kappa shape index (κ2) is 4.00. The van der Waals surface area contributed by atoms with Gasteiger partial charge in [-0.25, -0.2) is 0 Å². The van der Waals surface area contributed by atoms with E-state index >= 15 is 0 Å². The molecule has 0 aliphatic carbocycles. The van der Waals surface area contributed by atoms with Crippen molar-refractivity contribution in [2.75, 3.05) is 13.2 Å². The van der Waals surface area contributed by atoms with Crippen LogP contribution >= 0.6 is 0 Å². The molecule has 0 N–H and O–H groups in total. The number of likely N-dealkylation sites (tertiary alicyclic amines) is 1. The van der Waals surface area contributed by atoms with Crippen LogP contribution in [0, 0.1) is 0 Å². The lowest BCUT2D eigenvalue weighted by Gasteiger charge is -2.26. The van der Waals surface area contributed by atoms with Gasteiger partial charge in [-0.15, -0.1) is 0 Å². The normalized spacial score (nSPS) is 28.5. The molecule has 2 bridgehead atoms. The van der Waals surface area contributed by atoms with E-state index in [1.807, 2.05) is 18.2 Å². The Bertz CT molecular complexity index is 405. The van der Waals surface area contributed by atoms with Crippen LogP contribution < -0.4 is 0 Å².